The topological polar surface area (TPSA) is 54.5 Å². The van der Waals surface area contributed by atoms with E-state index in [0.29, 0.717) is 32.3 Å². The summed E-state index contributed by atoms with van der Waals surface area (Å²) in [6, 6.07) is 25.4. The molecule has 1 unspecified atom stereocenters. The summed E-state index contributed by atoms with van der Waals surface area (Å²) in [5, 5.41) is 1.05. The summed E-state index contributed by atoms with van der Waals surface area (Å²) < 4.78 is 0. The van der Waals surface area contributed by atoms with Crippen molar-refractivity contribution >= 4 is 52.3 Å². The third kappa shape index (κ3) is 3.36. The molecule has 1 fully saturated rings. The van der Waals surface area contributed by atoms with Crippen molar-refractivity contribution in [2.75, 3.05) is 4.90 Å². The summed E-state index contributed by atoms with van der Waals surface area (Å²) in [6.07, 6.45) is 3.91. The Hall–Kier alpha value is -3.99. The van der Waals surface area contributed by atoms with Crippen LogP contribution in [0.25, 0.3) is 6.08 Å². The van der Waals surface area contributed by atoms with Crippen molar-refractivity contribution in [3.63, 3.8) is 0 Å². The highest BCUT2D eigenvalue weighted by atomic mass is 35.5. The highest BCUT2D eigenvalue weighted by Gasteiger charge is 2.71. The largest absolute Gasteiger partial charge is 0.352 e. The van der Waals surface area contributed by atoms with Gasteiger partial charge >= 0.3 is 0 Å². The van der Waals surface area contributed by atoms with Crippen LogP contribution < -0.4 is 4.90 Å². The van der Waals surface area contributed by atoms with Crippen LogP contribution >= 0.6 is 23.2 Å². The molecule has 0 radical (unpaired) electrons. The van der Waals surface area contributed by atoms with Crippen LogP contribution in [-0.4, -0.2) is 29.4 Å². The minimum Gasteiger partial charge on any atom is -0.352 e. The van der Waals surface area contributed by atoms with E-state index in [2.05, 4.69) is 6.07 Å². The molecule has 1 saturated heterocycles. The van der Waals surface area contributed by atoms with E-state index in [1.54, 1.807) is 60.7 Å². The van der Waals surface area contributed by atoms with Gasteiger partial charge in [-0.25, -0.2) is 0 Å². The molecule has 0 N–H and O–H groups in total. The maximum Gasteiger partial charge on any atom is 0.185 e. The molecule has 40 heavy (non-hydrogen) atoms. The molecule has 4 nitrogen and oxygen atoms in total. The number of ketones is 3. The van der Waals surface area contributed by atoms with Gasteiger partial charge in [0.05, 0.1) is 6.04 Å². The van der Waals surface area contributed by atoms with Crippen molar-refractivity contribution in [1.29, 1.82) is 0 Å². The van der Waals surface area contributed by atoms with Gasteiger partial charge in [-0.3, -0.25) is 14.4 Å². The number of rotatable bonds is 3. The molecule has 3 aliphatic rings. The lowest BCUT2D eigenvalue weighted by atomic mass is 9.64. The van der Waals surface area contributed by atoms with Crippen molar-refractivity contribution in [2.45, 2.75) is 24.9 Å². The summed E-state index contributed by atoms with van der Waals surface area (Å²) >= 11 is 12.4. The molecule has 0 bridgehead atoms. The lowest BCUT2D eigenvalue weighted by molar-refractivity contribution is 0.0666. The van der Waals surface area contributed by atoms with Gasteiger partial charge in [-0.05, 0) is 66.6 Å². The Morgan fingerprint density at radius 3 is 2.02 bits per heavy atom. The fraction of sp³-hybridized carbons (Fsp3) is 0.147. The zero-order chi connectivity index (χ0) is 27.8. The zero-order valence-electron chi connectivity index (χ0n) is 21.5. The molecular weight excluding hydrogens is 541 g/mol. The van der Waals surface area contributed by atoms with Crippen molar-refractivity contribution in [3.05, 3.63) is 140 Å². The number of hydrogen-bond donors (Lipinski definition) is 0. The van der Waals surface area contributed by atoms with Crippen LogP contribution in [0.15, 0.2) is 97.1 Å². The van der Waals surface area contributed by atoms with E-state index in [-0.39, 0.29) is 17.3 Å². The first-order valence-corrected chi connectivity index (χ1v) is 13.9. The molecule has 196 valence electrons. The average molecular weight is 564 g/mol. The summed E-state index contributed by atoms with van der Waals surface area (Å²) in [6.45, 7) is 2.01. The SMILES string of the molecule is Cc1ccc2c(c1)C=CC1N2[C@H](C(=O)c2ccc(Cl)cc2)[C@@H](c2ccc(Cl)cc2)C12C(=O)c1ccccc1C2=O. The molecule has 3 atom stereocenters. The number of fused-ring (bicyclic) bond motifs is 5. The first-order valence-electron chi connectivity index (χ1n) is 13.1. The van der Waals surface area contributed by atoms with Crippen LogP contribution in [0.1, 0.15) is 53.7 Å². The second kappa shape index (κ2) is 9.02. The summed E-state index contributed by atoms with van der Waals surface area (Å²) in [4.78, 5) is 45.8. The average Bonchev–Trinajstić information content (AvgIpc) is 3.39. The Balaban J connectivity index is 1.54. The second-order valence-corrected chi connectivity index (χ2v) is 11.6. The van der Waals surface area contributed by atoms with Gasteiger partial charge in [0.2, 0.25) is 0 Å². The van der Waals surface area contributed by atoms with E-state index in [4.69, 9.17) is 23.2 Å². The van der Waals surface area contributed by atoms with Crippen LogP contribution in [-0.2, 0) is 0 Å². The predicted molar refractivity (Wildman–Crippen MR) is 158 cm³/mol. The highest BCUT2D eigenvalue weighted by molar-refractivity contribution is 6.33. The van der Waals surface area contributed by atoms with Gasteiger partial charge in [0.25, 0.3) is 0 Å². The monoisotopic (exact) mass is 563 g/mol. The standard InChI is InChI=1S/C34H23Cl2NO3/c1-19-6-16-27-22(18-19)11-17-28-34(32(39)25-4-2-3-5-26(25)33(34)40)29(20-7-12-23(35)13-8-20)30(37(27)28)31(38)21-9-14-24(36)15-10-21/h2-18,28-30H,1H3/t28?,29-,30+/m1/s1. The van der Waals surface area contributed by atoms with Crippen LogP contribution in [0.5, 0.6) is 0 Å². The maximum atomic E-state index is 14.6. The fourth-order valence-corrected chi connectivity index (χ4v) is 7.18. The molecular formula is C34H23Cl2NO3. The number of carbonyl (C=O) groups is 3. The molecule has 1 aliphatic carbocycles. The van der Waals surface area contributed by atoms with E-state index < -0.39 is 23.4 Å². The second-order valence-electron chi connectivity index (χ2n) is 10.7. The molecule has 0 saturated carbocycles. The summed E-state index contributed by atoms with van der Waals surface area (Å²) in [5.41, 5.74) is 3.26. The Morgan fingerprint density at radius 2 is 1.40 bits per heavy atom. The minimum atomic E-state index is -1.54. The lowest BCUT2D eigenvalue weighted by Crippen LogP contribution is -2.48. The molecule has 6 heteroatoms. The lowest BCUT2D eigenvalue weighted by Gasteiger charge is -2.37. The van der Waals surface area contributed by atoms with Gasteiger partial charge in [0.15, 0.2) is 17.3 Å². The number of nitrogens with zero attached hydrogens (tertiary/aromatic N) is 1. The molecule has 1 spiro atoms. The van der Waals surface area contributed by atoms with Crippen LogP contribution in [0, 0.1) is 12.3 Å². The number of benzene rings is 4. The Morgan fingerprint density at radius 1 is 0.800 bits per heavy atom. The third-order valence-corrected chi connectivity index (χ3v) is 9.09. The zero-order valence-corrected chi connectivity index (χ0v) is 23.0. The predicted octanol–water partition coefficient (Wildman–Crippen LogP) is 7.62. The third-order valence-electron chi connectivity index (χ3n) is 8.59. The van der Waals surface area contributed by atoms with Crippen LogP contribution in [0.4, 0.5) is 5.69 Å². The van der Waals surface area contributed by atoms with Gasteiger partial charge < -0.3 is 4.90 Å². The molecule has 4 aromatic rings. The Kier molecular flexibility index (Phi) is 5.64. The van der Waals surface area contributed by atoms with Gasteiger partial charge in [0, 0.05) is 38.3 Å². The first kappa shape index (κ1) is 25.0. The Bertz CT molecular complexity index is 1720. The number of Topliss-reactive ketones (excluding diaryl/α,β-unsaturated/α-hetero) is 3. The minimum absolute atomic E-state index is 0.183. The highest BCUT2D eigenvalue weighted by Crippen LogP contribution is 2.61. The van der Waals surface area contributed by atoms with Crippen molar-refractivity contribution in [3.8, 4) is 0 Å². The summed E-state index contributed by atoms with van der Waals surface area (Å²) in [5.74, 6) is -1.47. The van der Waals surface area contributed by atoms with E-state index in [1.165, 1.54) is 0 Å². The van der Waals surface area contributed by atoms with Crippen molar-refractivity contribution in [1.82, 2.24) is 0 Å². The molecule has 0 amide bonds. The molecule has 7 rings (SSSR count). The Labute approximate surface area is 241 Å². The number of carbonyl (C=O) groups excluding carboxylic acids is 3. The van der Waals surface area contributed by atoms with Gasteiger partial charge in [-0.15, -0.1) is 0 Å². The van der Waals surface area contributed by atoms with E-state index in [9.17, 15) is 14.4 Å². The molecule has 2 aliphatic heterocycles. The first-order chi connectivity index (χ1) is 19.3. The number of aryl methyl sites for hydroxylation is 1. The number of hydrogen-bond acceptors (Lipinski definition) is 4. The van der Waals surface area contributed by atoms with Crippen LogP contribution in [0.2, 0.25) is 10.0 Å². The molecule has 2 heterocycles. The maximum absolute atomic E-state index is 14.6. The molecule has 0 aromatic heterocycles. The van der Waals surface area contributed by atoms with Crippen molar-refractivity contribution < 1.29 is 14.4 Å². The summed E-state index contributed by atoms with van der Waals surface area (Å²) in [7, 11) is 0. The van der Waals surface area contributed by atoms with Crippen molar-refractivity contribution in [2.24, 2.45) is 5.41 Å². The van der Waals surface area contributed by atoms with Gasteiger partial charge in [0.1, 0.15) is 11.5 Å². The fourth-order valence-electron chi connectivity index (χ4n) is 6.92. The van der Waals surface area contributed by atoms with E-state index >= 15 is 0 Å². The number of anilines is 1. The normalized spacial score (nSPS) is 21.9. The smallest absolute Gasteiger partial charge is 0.185 e. The quantitative estimate of drug-likeness (QED) is 0.190. The number of halogens is 2. The van der Waals surface area contributed by atoms with E-state index in [1.807, 2.05) is 48.2 Å². The van der Waals surface area contributed by atoms with Gasteiger partial charge in [-0.1, -0.05) is 83.4 Å². The molecule has 4 aromatic carbocycles. The van der Waals surface area contributed by atoms with Crippen LogP contribution in [0.3, 0.4) is 0 Å². The van der Waals surface area contributed by atoms with Gasteiger partial charge in [-0.2, -0.15) is 0 Å². The van der Waals surface area contributed by atoms with E-state index in [0.717, 1.165) is 16.8 Å².